The smallest absolute Gasteiger partial charge is 0.408 e. The van der Waals surface area contributed by atoms with Crippen LogP contribution >= 0.6 is 23.4 Å². The van der Waals surface area contributed by atoms with Gasteiger partial charge in [0.15, 0.2) is 11.6 Å². The van der Waals surface area contributed by atoms with Gasteiger partial charge in [0.1, 0.15) is 16.4 Å². The molecule has 12 nitrogen and oxygen atoms in total. The van der Waals surface area contributed by atoms with E-state index in [1.807, 2.05) is 27.7 Å². The molecular formula is C24H33ClN8O4S. The number of likely N-dealkylation sites (N-methyl/N-ethyl adjacent to an activating group) is 1. The highest BCUT2D eigenvalue weighted by Crippen LogP contribution is 2.38. The minimum atomic E-state index is -0.853. The Balaban J connectivity index is 1.65. The lowest BCUT2D eigenvalue weighted by Crippen LogP contribution is -2.54. The van der Waals surface area contributed by atoms with Gasteiger partial charge in [-0.1, -0.05) is 23.4 Å². The first-order valence-electron chi connectivity index (χ1n) is 11.9. The van der Waals surface area contributed by atoms with E-state index in [-0.39, 0.29) is 16.7 Å². The second-order valence-electron chi connectivity index (χ2n) is 10.3. The number of anilines is 3. The first kappa shape index (κ1) is 29.2. The molecule has 4 N–H and O–H groups in total. The van der Waals surface area contributed by atoms with Crippen LogP contribution < -0.4 is 21.3 Å². The minimum Gasteiger partial charge on any atom is -0.444 e. The summed E-state index contributed by atoms with van der Waals surface area (Å²) < 4.78 is 5.39. The molecule has 0 saturated carbocycles. The number of hydrogen-bond donors (Lipinski definition) is 3. The van der Waals surface area contributed by atoms with Crippen LogP contribution in [0.15, 0.2) is 28.4 Å². The van der Waals surface area contributed by atoms with Crippen LogP contribution in [-0.4, -0.2) is 76.1 Å². The number of pyridine rings is 1. The normalized spacial score (nSPS) is 15.0. The molecule has 0 atom stereocenters. The van der Waals surface area contributed by atoms with Gasteiger partial charge in [0.25, 0.3) is 0 Å². The molecule has 0 aromatic carbocycles. The summed E-state index contributed by atoms with van der Waals surface area (Å²) in [4.78, 5) is 53.0. The summed E-state index contributed by atoms with van der Waals surface area (Å²) in [5.74, 6) is -0.688. The third-order valence-electron chi connectivity index (χ3n) is 5.64. The molecule has 2 aromatic heterocycles. The van der Waals surface area contributed by atoms with Crippen molar-refractivity contribution < 1.29 is 19.1 Å². The number of nitrogens with two attached hydrogens (primary N) is 1. The van der Waals surface area contributed by atoms with Crippen LogP contribution in [0, 0.1) is 0 Å². The molecule has 2 aromatic rings. The summed E-state index contributed by atoms with van der Waals surface area (Å²) in [7, 11) is 2.94. The summed E-state index contributed by atoms with van der Waals surface area (Å²) >= 11 is 7.60. The molecule has 3 amide bonds. The zero-order chi connectivity index (χ0) is 28.3. The number of carbonyl (C=O) groups excluding carboxylic acids is 3. The molecule has 1 aliphatic rings. The van der Waals surface area contributed by atoms with Gasteiger partial charge in [-0.05, 0) is 46.6 Å². The van der Waals surface area contributed by atoms with Gasteiger partial charge in [0, 0.05) is 43.8 Å². The molecule has 1 saturated heterocycles. The summed E-state index contributed by atoms with van der Waals surface area (Å²) in [6, 6.07) is 1.65. The van der Waals surface area contributed by atoms with Gasteiger partial charge < -0.3 is 30.9 Å². The van der Waals surface area contributed by atoms with Crippen LogP contribution in [0.25, 0.3) is 0 Å². The molecule has 14 heteroatoms. The zero-order valence-corrected chi connectivity index (χ0v) is 23.9. The van der Waals surface area contributed by atoms with Crippen molar-refractivity contribution in [2.45, 2.75) is 61.6 Å². The molecule has 0 radical (unpaired) electrons. The Labute approximate surface area is 231 Å². The number of hydrogen-bond acceptors (Lipinski definition) is 10. The minimum absolute atomic E-state index is 0.0522. The Morgan fingerprint density at radius 3 is 2.45 bits per heavy atom. The highest BCUT2D eigenvalue weighted by atomic mass is 35.5. The zero-order valence-electron chi connectivity index (χ0n) is 22.3. The van der Waals surface area contributed by atoms with E-state index in [4.69, 9.17) is 22.1 Å². The molecule has 206 valence electrons. The van der Waals surface area contributed by atoms with Gasteiger partial charge in [-0.2, -0.15) is 0 Å². The van der Waals surface area contributed by atoms with Gasteiger partial charge in [0.2, 0.25) is 0 Å². The van der Waals surface area contributed by atoms with Crippen LogP contribution in [-0.2, 0) is 14.3 Å². The lowest BCUT2D eigenvalue weighted by Gasteiger charge is -2.40. The van der Waals surface area contributed by atoms with Gasteiger partial charge in [-0.25, -0.2) is 19.7 Å². The number of halogens is 1. The monoisotopic (exact) mass is 564 g/mol. The Bertz CT molecular complexity index is 1210. The number of ether oxygens (including phenoxy) is 1. The SMILES string of the molecule is CN(C)C(=O)C(=O)Nc1nccc(Sc2ncc(N3CCC(C)(NC(=O)OC(C)(C)C)CC3)nc2N)c1Cl. The standard InChI is InChI=1S/C24H33ClN8O4S/c1-23(2,3)37-22(36)31-24(4)8-11-33(12-9-24)15-13-28-20(17(26)29-15)38-14-7-10-27-18(16(14)25)30-19(34)21(35)32(5)6/h7,10,13H,8-9,11-12H2,1-6H3,(H2,26,29)(H,31,36)(H,27,30,34). The van der Waals surface area contributed by atoms with Crippen molar-refractivity contribution in [2.75, 3.05) is 43.1 Å². The van der Waals surface area contributed by atoms with Crippen LogP contribution in [0.5, 0.6) is 0 Å². The number of nitrogens with one attached hydrogen (secondary N) is 2. The van der Waals surface area contributed by atoms with Crippen LogP contribution in [0.1, 0.15) is 40.5 Å². The van der Waals surface area contributed by atoms with E-state index in [9.17, 15) is 14.4 Å². The van der Waals surface area contributed by atoms with Gasteiger partial charge in [-0.3, -0.25) is 9.59 Å². The number of piperidine rings is 1. The summed E-state index contributed by atoms with van der Waals surface area (Å²) in [6.07, 6.45) is 4.05. The summed E-state index contributed by atoms with van der Waals surface area (Å²) in [5, 5.41) is 5.98. The molecule has 0 unspecified atom stereocenters. The quantitative estimate of drug-likeness (QED) is 0.461. The van der Waals surface area contributed by atoms with Crippen LogP contribution in [0.2, 0.25) is 5.02 Å². The van der Waals surface area contributed by atoms with Crippen LogP contribution in [0.3, 0.4) is 0 Å². The molecule has 0 aliphatic carbocycles. The van der Waals surface area contributed by atoms with Crippen molar-refractivity contribution in [2.24, 2.45) is 0 Å². The molecule has 0 spiro atoms. The van der Waals surface area contributed by atoms with Crippen molar-refractivity contribution in [1.82, 2.24) is 25.2 Å². The van der Waals surface area contributed by atoms with E-state index >= 15 is 0 Å². The molecule has 0 bridgehead atoms. The second kappa shape index (κ2) is 11.6. The fourth-order valence-electron chi connectivity index (χ4n) is 3.58. The van der Waals surface area contributed by atoms with E-state index < -0.39 is 29.0 Å². The van der Waals surface area contributed by atoms with Crippen molar-refractivity contribution in [1.29, 1.82) is 0 Å². The molecule has 1 fully saturated rings. The third kappa shape index (κ3) is 7.60. The predicted octanol–water partition coefficient (Wildman–Crippen LogP) is 3.17. The Kier molecular flexibility index (Phi) is 8.93. The first-order valence-corrected chi connectivity index (χ1v) is 13.1. The van der Waals surface area contributed by atoms with E-state index in [0.717, 1.165) is 4.90 Å². The highest BCUT2D eigenvalue weighted by Gasteiger charge is 2.33. The molecule has 1 aliphatic heterocycles. The molecular weight excluding hydrogens is 532 g/mol. The fraction of sp³-hybridized carbons (Fsp3) is 0.500. The Morgan fingerprint density at radius 1 is 1.21 bits per heavy atom. The number of amides is 3. The number of carbonyl (C=O) groups is 3. The highest BCUT2D eigenvalue weighted by molar-refractivity contribution is 7.99. The maximum Gasteiger partial charge on any atom is 0.408 e. The first-order chi connectivity index (χ1) is 17.7. The average Bonchev–Trinajstić information content (AvgIpc) is 2.81. The van der Waals surface area contributed by atoms with Gasteiger partial charge in [-0.15, -0.1) is 0 Å². The topological polar surface area (TPSA) is 156 Å². The Morgan fingerprint density at radius 2 is 1.87 bits per heavy atom. The van der Waals surface area contributed by atoms with E-state index in [1.54, 1.807) is 12.3 Å². The summed E-state index contributed by atoms with van der Waals surface area (Å²) in [5.41, 5.74) is 5.27. The van der Waals surface area contributed by atoms with Crippen molar-refractivity contribution >= 4 is 58.7 Å². The van der Waals surface area contributed by atoms with Gasteiger partial charge >= 0.3 is 17.9 Å². The molecule has 38 heavy (non-hydrogen) atoms. The molecule has 3 heterocycles. The molecule has 3 rings (SSSR count). The second-order valence-corrected chi connectivity index (χ2v) is 11.7. The summed E-state index contributed by atoms with van der Waals surface area (Å²) in [6.45, 7) is 8.79. The maximum absolute atomic E-state index is 12.2. The number of nitrogens with zero attached hydrogens (tertiary/aromatic N) is 5. The average molecular weight is 565 g/mol. The number of nitrogen functional groups attached to an aromatic ring is 1. The lowest BCUT2D eigenvalue weighted by molar-refractivity contribution is -0.141. The number of alkyl carbamates (subject to hydrolysis) is 1. The van der Waals surface area contributed by atoms with Crippen molar-refractivity contribution in [3.8, 4) is 0 Å². The number of rotatable bonds is 5. The van der Waals surface area contributed by atoms with Crippen molar-refractivity contribution in [3.63, 3.8) is 0 Å². The van der Waals surface area contributed by atoms with E-state index in [2.05, 4.69) is 30.5 Å². The lowest BCUT2D eigenvalue weighted by atomic mass is 9.90. The predicted molar refractivity (Wildman–Crippen MR) is 146 cm³/mol. The maximum atomic E-state index is 12.2. The van der Waals surface area contributed by atoms with Crippen LogP contribution in [0.4, 0.5) is 22.2 Å². The Hall–Kier alpha value is -3.32. The van der Waals surface area contributed by atoms with Gasteiger partial charge in [0.05, 0.1) is 11.2 Å². The fourth-order valence-corrected chi connectivity index (χ4v) is 4.63. The third-order valence-corrected chi connectivity index (χ3v) is 7.20. The van der Waals surface area contributed by atoms with E-state index in [1.165, 1.54) is 32.1 Å². The van der Waals surface area contributed by atoms with Crippen molar-refractivity contribution in [3.05, 3.63) is 23.5 Å². The number of aromatic nitrogens is 3. The largest absolute Gasteiger partial charge is 0.444 e. The van der Waals surface area contributed by atoms with E-state index in [0.29, 0.717) is 41.7 Å².